The fourth-order valence-corrected chi connectivity index (χ4v) is 1.20. The summed E-state index contributed by atoms with van der Waals surface area (Å²) in [6, 6.07) is 5.69. The minimum Gasteiger partial charge on any atom is -0.438 e. The quantitative estimate of drug-likeness (QED) is 0.795. The Morgan fingerprint density at radius 3 is 3.07 bits per heavy atom. The molecular formula is C12H12N2O. The van der Waals surface area contributed by atoms with Gasteiger partial charge in [-0.3, -0.25) is 0 Å². The van der Waals surface area contributed by atoms with Gasteiger partial charge >= 0.3 is 0 Å². The number of hydrogen-bond donors (Lipinski definition) is 1. The van der Waals surface area contributed by atoms with Gasteiger partial charge in [-0.1, -0.05) is 12.1 Å². The molecule has 3 nitrogen and oxygen atoms in total. The molecule has 1 aliphatic heterocycles. The summed E-state index contributed by atoms with van der Waals surface area (Å²) < 4.78 is 5.58. The van der Waals surface area contributed by atoms with Crippen molar-refractivity contribution in [2.45, 2.75) is 6.92 Å². The molecule has 0 spiro atoms. The molecule has 1 aliphatic rings. The molecule has 0 saturated carbocycles. The Kier molecular flexibility index (Phi) is 2.83. The van der Waals surface area contributed by atoms with Crippen LogP contribution in [-0.2, 0) is 0 Å². The van der Waals surface area contributed by atoms with E-state index in [0.717, 1.165) is 11.5 Å². The van der Waals surface area contributed by atoms with Crippen molar-refractivity contribution in [3.63, 3.8) is 0 Å². The Morgan fingerprint density at radius 1 is 1.27 bits per heavy atom. The lowest BCUT2D eigenvalue weighted by atomic mass is 10.4. The van der Waals surface area contributed by atoms with Gasteiger partial charge in [-0.2, -0.15) is 0 Å². The smallest absolute Gasteiger partial charge is 0.219 e. The number of ether oxygens (including phenoxy) is 1. The molecule has 76 valence electrons. The number of aromatic nitrogens is 1. The van der Waals surface area contributed by atoms with E-state index in [1.165, 1.54) is 0 Å². The van der Waals surface area contributed by atoms with Crippen molar-refractivity contribution in [2.24, 2.45) is 0 Å². The second-order valence-electron chi connectivity index (χ2n) is 3.15. The Hall–Kier alpha value is -2.03. The second-order valence-corrected chi connectivity index (χ2v) is 3.15. The molecule has 2 rings (SSSR count). The largest absolute Gasteiger partial charge is 0.438 e. The van der Waals surface area contributed by atoms with E-state index in [4.69, 9.17) is 4.74 Å². The van der Waals surface area contributed by atoms with Crippen molar-refractivity contribution < 1.29 is 4.74 Å². The van der Waals surface area contributed by atoms with E-state index in [0.29, 0.717) is 5.88 Å². The number of rotatable bonds is 2. The van der Waals surface area contributed by atoms with Crippen LogP contribution in [-0.4, -0.2) is 4.98 Å². The Labute approximate surface area is 88.8 Å². The summed E-state index contributed by atoms with van der Waals surface area (Å²) in [5.74, 6) is 1.34. The SMILES string of the molecule is Cc1cccc(OC2=CNC=CC=C2)n1. The van der Waals surface area contributed by atoms with Crippen LogP contribution in [0.2, 0.25) is 0 Å². The van der Waals surface area contributed by atoms with Crippen molar-refractivity contribution in [1.29, 1.82) is 0 Å². The second kappa shape index (κ2) is 4.46. The highest BCUT2D eigenvalue weighted by Gasteiger charge is 1.99. The molecule has 1 N–H and O–H groups in total. The summed E-state index contributed by atoms with van der Waals surface area (Å²) in [6.07, 6.45) is 9.29. The van der Waals surface area contributed by atoms with Gasteiger partial charge in [0.05, 0.1) is 0 Å². The molecule has 0 fully saturated rings. The van der Waals surface area contributed by atoms with Crippen LogP contribution < -0.4 is 10.1 Å². The number of hydrogen-bond acceptors (Lipinski definition) is 3. The lowest BCUT2D eigenvalue weighted by Gasteiger charge is -2.05. The summed E-state index contributed by atoms with van der Waals surface area (Å²) in [7, 11) is 0. The number of pyridine rings is 1. The normalized spacial score (nSPS) is 14.1. The average molecular weight is 200 g/mol. The maximum atomic E-state index is 5.58. The molecule has 0 atom stereocenters. The van der Waals surface area contributed by atoms with E-state index >= 15 is 0 Å². The highest BCUT2D eigenvalue weighted by Crippen LogP contribution is 2.12. The molecule has 0 radical (unpaired) electrons. The molecule has 0 bridgehead atoms. The molecule has 1 aromatic heterocycles. The summed E-state index contributed by atoms with van der Waals surface area (Å²) in [5.41, 5.74) is 0.941. The zero-order chi connectivity index (χ0) is 10.5. The molecule has 0 saturated heterocycles. The molecule has 3 heteroatoms. The van der Waals surface area contributed by atoms with E-state index in [-0.39, 0.29) is 0 Å². The zero-order valence-electron chi connectivity index (χ0n) is 8.47. The fraction of sp³-hybridized carbons (Fsp3) is 0.0833. The van der Waals surface area contributed by atoms with Gasteiger partial charge < -0.3 is 10.1 Å². The Bertz CT molecular complexity index is 433. The van der Waals surface area contributed by atoms with Crippen LogP contribution >= 0.6 is 0 Å². The third-order valence-corrected chi connectivity index (χ3v) is 1.87. The maximum absolute atomic E-state index is 5.58. The van der Waals surface area contributed by atoms with E-state index in [9.17, 15) is 0 Å². The third-order valence-electron chi connectivity index (χ3n) is 1.87. The number of allylic oxidation sites excluding steroid dienone is 3. The van der Waals surface area contributed by atoms with Crippen LogP contribution in [0.3, 0.4) is 0 Å². The highest BCUT2D eigenvalue weighted by molar-refractivity contribution is 5.25. The standard InChI is InChI=1S/C12H12N2O/c1-10-5-4-7-12(14-10)15-11-6-2-3-8-13-9-11/h2-9,13H,1H3. The van der Waals surface area contributed by atoms with Gasteiger partial charge in [-0.15, -0.1) is 0 Å². The van der Waals surface area contributed by atoms with Gasteiger partial charge in [0.2, 0.25) is 5.88 Å². The summed E-state index contributed by atoms with van der Waals surface area (Å²) in [5, 5.41) is 2.97. The van der Waals surface area contributed by atoms with Crippen molar-refractivity contribution in [2.75, 3.05) is 0 Å². The first-order chi connectivity index (χ1) is 7.34. The van der Waals surface area contributed by atoms with Crippen LogP contribution in [0.25, 0.3) is 0 Å². The topological polar surface area (TPSA) is 34.1 Å². The van der Waals surface area contributed by atoms with Crippen LogP contribution in [0.4, 0.5) is 0 Å². The number of nitrogens with one attached hydrogen (secondary N) is 1. The van der Waals surface area contributed by atoms with E-state index in [2.05, 4.69) is 10.3 Å². The van der Waals surface area contributed by atoms with E-state index in [1.807, 2.05) is 49.6 Å². The molecule has 1 aromatic rings. The van der Waals surface area contributed by atoms with Gasteiger partial charge in [0.25, 0.3) is 0 Å². The summed E-state index contributed by atoms with van der Waals surface area (Å²) >= 11 is 0. The molecule has 0 unspecified atom stereocenters. The van der Waals surface area contributed by atoms with Crippen molar-refractivity contribution in [3.05, 3.63) is 60.3 Å². The average Bonchev–Trinajstić information content (AvgIpc) is 2.46. The van der Waals surface area contributed by atoms with Gasteiger partial charge in [0, 0.05) is 24.2 Å². The molecular weight excluding hydrogens is 188 g/mol. The van der Waals surface area contributed by atoms with Crippen LogP contribution in [0.1, 0.15) is 5.69 Å². The van der Waals surface area contributed by atoms with Gasteiger partial charge in [-0.25, -0.2) is 4.98 Å². The third kappa shape index (κ3) is 2.71. The predicted molar refractivity (Wildman–Crippen MR) is 59.1 cm³/mol. The maximum Gasteiger partial charge on any atom is 0.219 e. The zero-order valence-corrected chi connectivity index (χ0v) is 8.47. The van der Waals surface area contributed by atoms with Crippen molar-refractivity contribution >= 4 is 0 Å². The predicted octanol–water partition coefficient (Wildman–Crippen LogP) is 2.28. The number of aryl methyl sites for hydroxylation is 1. The van der Waals surface area contributed by atoms with E-state index in [1.54, 1.807) is 6.20 Å². The minimum absolute atomic E-state index is 0.606. The van der Waals surface area contributed by atoms with Gasteiger partial charge in [-0.05, 0) is 25.1 Å². The first-order valence-electron chi connectivity index (χ1n) is 4.75. The molecule has 15 heavy (non-hydrogen) atoms. The molecule has 2 heterocycles. The van der Waals surface area contributed by atoms with Crippen molar-refractivity contribution in [3.8, 4) is 5.88 Å². The van der Waals surface area contributed by atoms with Crippen molar-refractivity contribution in [1.82, 2.24) is 10.3 Å². The molecule has 0 aliphatic carbocycles. The molecule has 0 aromatic carbocycles. The lowest BCUT2D eigenvalue weighted by molar-refractivity contribution is 0.423. The first kappa shape index (κ1) is 9.52. The summed E-state index contributed by atoms with van der Waals surface area (Å²) in [6.45, 7) is 1.93. The first-order valence-corrected chi connectivity index (χ1v) is 4.75. The van der Waals surface area contributed by atoms with Gasteiger partial charge in [0.1, 0.15) is 5.76 Å². The Morgan fingerprint density at radius 2 is 2.20 bits per heavy atom. The van der Waals surface area contributed by atoms with E-state index < -0.39 is 0 Å². The minimum atomic E-state index is 0.606. The molecule has 0 amide bonds. The monoisotopic (exact) mass is 200 g/mol. The van der Waals surface area contributed by atoms with Crippen LogP contribution in [0, 0.1) is 6.92 Å². The van der Waals surface area contributed by atoms with Gasteiger partial charge in [0.15, 0.2) is 0 Å². The van der Waals surface area contributed by atoms with Crippen LogP contribution in [0.5, 0.6) is 5.88 Å². The van der Waals surface area contributed by atoms with Crippen LogP contribution in [0.15, 0.2) is 54.6 Å². The fourth-order valence-electron chi connectivity index (χ4n) is 1.20. The number of nitrogens with zero attached hydrogens (tertiary/aromatic N) is 1. The lowest BCUT2D eigenvalue weighted by Crippen LogP contribution is -2.00. The highest BCUT2D eigenvalue weighted by atomic mass is 16.5. The Balaban J connectivity index is 2.12. The summed E-state index contributed by atoms with van der Waals surface area (Å²) in [4.78, 5) is 4.25.